The number of hydrogen-bond acceptors (Lipinski definition) is 6. The number of amides is 4. The normalized spacial score (nSPS) is 23.0. The van der Waals surface area contributed by atoms with Gasteiger partial charge in [-0.05, 0) is 103 Å². The Bertz CT molecular complexity index is 1730. The maximum atomic E-state index is 15.5. The molecule has 0 bridgehead atoms. The molecular formula is C45H65F2N5O5. The minimum absolute atomic E-state index is 0.0287. The number of halogens is 2. The van der Waals surface area contributed by atoms with Crippen molar-refractivity contribution in [2.24, 2.45) is 16.7 Å². The average molecular weight is 794 g/mol. The number of likely N-dealkylation sites (tertiary alicyclic amines) is 2. The van der Waals surface area contributed by atoms with E-state index in [2.05, 4.69) is 24.1 Å². The summed E-state index contributed by atoms with van der Waals surface area (Å²) in [4.78, 5) is 64.8. The van der Waals surface area contributed by atoms with Gasteiger partial charge in [-0.3, -0.25) is 19.3 Å². The van der Waals surface area contributed by atoms with Gasteiger partial charge in [-0.1, -0.05) is 50.2 Å². The van der Waals surface area contributed by atoms with E-state index in [-0.39, 0.29) is 66.4 Å². The van der Waals surface area contributed by atoms with E-state index in [1.807, 2.05) is 83.7 Å². The van der Waals surface area contributed by atoms with Crippen LogP contribution in [0, 0.1) is 28.4 Å². The summed E-state index contributed by atoms with van der Waals surface area (Å²) in [5.74, 6) is -3.24. The van der Waals surface area contributed by atoms with Crippen molar-refractivity contribution in [3.63, 3.8) is 0 Å². The quantitative estimate of drug-likeness (QED) is 0.241. The molecule has 2 aliphatic heterocycles. The van der Waals surface area contributed by atoms with Gasteiger partial charge in [-0.2, -0.15) is 0 Å². The van der Waals surface area contributed by atoms with E-state index in [9.17, 15) is 18.8 Å². The Hall–Kier alpha value is -4.06. The number of alkyl carbamates (subject to hydrolysis) is 1. The monoisotopic (exact) mass is 793 g/mol. The highest BCUT2D eigenvalue weighted by molar-refractivity contribution is 5.91. The van der Waals surface area contributed by atoms with E-state index < -0.39 is 47.1 Å². The van der Waals surface area contributed by atoms with Crippen LogP contribution < -0.4 is 5.32 Å². The Morgan fingerprint density at radius 1 is 0.895 bits per heavy atom. The molecule has 4 amide bonds. The third kappa shape index (κ3) is 10.3. The molecule has 0 unspecified atom stereocenters. The van der Waals surface area contributed by atoms with Crippen LogP contribution in [0.4, 0.5) is 13.6 Å². The number of carbonyl (C=O) groups excluding carboxylic acids is 4. The Morgan fingerprint density at radius 3 is 2.14 bits per heavy atom. The number of ether oxygens (including phenoxy) is 1. The molecule has 5 rings (SSSR count). The predicted octanol–water partition coefficient (Wildman–Crippen LogP) is 7.37. The maximum Gasteiger partial charge on any atom is 0.407 e. The average Bonchev–Trinajstić information content (AvgIpc) is 3.81. The maximum absolute atomic E-state index is 15.5. The Morgan fingerprint density at radius 2 is 1.54 bits per heavy atom. The minimum Gasteiger partial charge on any atom is -0.445 e. The van der Waals surface area contributed by atoms with Gasteiger partial charge in [0, 0.05) is 62.8 Å². The molecule has 2 saturated heterocycles. The van der Waals surface area contributed by atoms with E-state index in [4.69, 9.17) is 4.74 Å². The third-order valence-electron chi connectivity index (χ3n) is 12.7. The lowest BCUT2D eigenvalue weighted by atomic mass is 9.74. The van der Waals surface area contributed by atoms with Crippen LogP contribution >= 0.6 is 0 Å². The topological polar surface area (TPSA) is 102 Å². The van der Waals surface area contributed by atoms with Crippen molar-refractivity contribution in [1.29, 1.82) is 0 Å². The fourth-order valence-electron chi connectivity index (χ4n) is 8.96. The first-order valence-corrected chi connectivity index (χ1v) is 20.8. The van der Waals surface area contributed by atoms with Gasteiger partial charge >= 0.3 is 6.09 Å². The summed E-state index contributed by atoms with van der Waals surface area (Å²) < 4.78 is 35.0. The molecule has 1 saturated carbocycles. The summed E-state index contributed by atoms with van der Waals surface area (Å²) in [7, 11) is 0. The molecule has 1 N–H and O–H groups in total. The summed E-state index contributed by atoms with van der Waals surface area (Å²) in [6, 6.07) is 11.5. The molecule has 3 fully saturated rings. The van der Waals surface area contributed by atoms with Gasteiger partial charge in [0.2, 0.25) is 17.7 Å². The number of nitrogens with zero attached hydrogens (tertiary/aromatic N) is 4. The lowest BCUT2D eigenvalue weighted by Gasteiger charge is -2.45. The lowest BCUT2D eigenvalue weighted by molar-refractivity contribution is -0.147. The van der Waals surface area contributed by atoms with E-state index in [0.717, 1.165) is 37.3 Å². The summed E-state index contributed by atoms with van der Waals surface area (Å²) in [6.07, 6.45) is 3.02. The van der Waals surface area contributed by atoms with Crippen LogP contribution in [0.1, 0.15) is 111 Å². The summed E-state index contributed by atoms with van der Waals surface area (Å²) in [5.41, 5.74) is -0.128. The molecule has 2 aromatic carbocycles. The fourth-order valence-corrected chi connectivity index (χ4v) is 8.96. The summed E-state index contributed by atoms with van der Waals surface area (Å²) >= 11 is 0. The van der Waals surface area contributed by atoms with E-state index >= 15 is 9.18 Å². The second-order valence-corrected chi connectivity index (χ2v) is 18.8. The molecule has 0 spiro atoms. The highest BCUT2D eigenvalue weighted by Crippen LogP contribution is 2.43. The first-order valence-electron chi connectivity index (χ1n) is 20.8. The first-order chi connectivity index (χ1) is 26.8. The van der Waals surface area contributed by atoms with Crippen molar-refractivity contribution in [2.75, 3.05) is 39.3 Å². The highest BCUT2D eigenvalue weighted by atomic mass is 19.1. The van der Waals surface area contributed by atoms with Crippen molar-refractivity contribution in [3.8, 4) is 0 Å². The van der Waals surface area contributed by atoms with Crippen molar-refractivity contribution in [1.82, 2.24) is 24.9 Å². The van der Waals surface area contributed by atoms with Gasteiger partial charge in [0.05, 0.1) is 17.4 Å². The van der Waals surface area contributed by atoms with Crippen LogP contribution in [0.3, 0.4) is 0 Å². The van der Waals surface area contributed by atoms with Gasteiger partial charge in [-0.25, -0.2) is 13.6 Å². The number of nitrogens with one attached hydrogen (secondary N) is 1. The molecule has 10 nitrogen and oxygen atoms in total. The number of hydrogen-bond donors (Lipinski definition) is 1. The molecule has 2 heterocycles. The van der Waals surface area contributed by atoms with Crippen LogP contribution in [0.5, 0.6) is 0 Å². The third-order valence-corrected chi connectivity index (χ3v) is 12.7. The van der Waals surface area contributed by atoms with Crippen LogP contribution in [-0.2, 0) is 25.7 Å². The molecule has 1 aliphatic carbocycles. The second kappa shape index (κ2) is 17.8. The zero-order valence-corrected chi connectivity index (χ0v) is 35.6. The molecule has 4 atom stereocenters. The minimum atomic E-state index is -1.04. The zero-order chi connectivity index (χ0) is 41.9. The molecule has 12 heteroatoms. The van der Waals surface area contributed by atoms with Crippen molar-refractivity contribution >= 4 is 23.8 Å². The smallest absolute Gasteiger partial charge is 0.407 e. The lowest BCUT2D eigenvalue weighted by Crippen LogP contribution is -2.56. The number of likely N-dealkylation sites (N-methyl/N-ethyl adjacent to an activating group) is 1. The van der Waals surface area contributed by atoms with E-state index in [1.54, 1.807) is 9.80 Å². The first kappa shape index (κ1) is 44.1. The van der Waals surface area contributed by atoms with Crippen LogP contribution in [0.2, 0.25) is 0 Å². The van der Waals surface area contributed by atoms with E-state index in [1.165, 1.54) is 12.1 Å². The SMILES string of the molecule is CCN(CC)C(=O)[C@@H]1C[C@H](N(C(=O)C(C)(C)CNC(=O)OCc2ccccc2)C2CCC(C)(C)CC2)CN1C(=O)[C@@H]1CN(C(C)(C)C)C[C@H]1c1ccc(F)cc1F. The van der Waals surface area contributed by atoms with E-state index in [0.29, 0.717) is 26.2 Å². The predicted molar refractivity (Wildman–Crippen MR) is 217 cm³/mol. The largest absolute Gasteiger partial charge is 0.445 e. The van der Waals surface area contributed by atoms with Gasteiger partial charge < -0.3 is 24.8 Å². The van der Waals surface area contributed by atoms with Crippen LogP contribution in [0.15, 0.2) is 48.5 Å². The molecule has 0 aromatic heterocycles. The van der Waals surface area contributed by atoms with Crippen molar-refractivity contribution in [2.45, 2.75) is 131 Å². The summed E-state index contributed by atoms with van der Waals surface area (Å²) in [6.45, 7) is 20.0. The molecule has 2 aromatic rings. The van der Waals surface area contributed by atoms with Crippen molar-refractivity contribution < 1.29 is 32.7 Å². The number of rotatable bonds is 12. The van der Waals surface area contributed by atoms with Gasteiger partial charge in [0.15, 0.2) is 0 Å². The Labute approximate surface area is 338 Å². The van der Waals surface area contributed by atoms with Crippen LogP contribution in [-0.4, -0.2) is 106 Å². The molecule has 57 heavy (non-hydrogen) atoms. The number of benzene rings is 2. The Balaban J connectivity index is 1.46. The summed E-state index contributed by atoms with van der Waals surface area (Å²) in [5, 5.41) is 2.81. The fraction of sp³-hybridized carbons (Fsp3) is 0.644. The van der Waals surface area contributed by atoms with Crippen molar-refractivity contribution in [3.05, 3.63) is 71.3 Å². The number of carbonyl (C=O) groups is 4. The van der Waals surface area contributed by atoms with Gasteiger partial charge in [-0.15, -0.1) is 0 Å². The van der Waals surface area contributed by atoms with Gasteiger partial charge in [0.1, 0.15) is 24.3 Å². The standard InChI is InChI=1S/C45H65F2N5O5/c1-10-49(11-2)40(54)38-24-33(25-51(38)39(53)36-27-50(43(3,4)5)26-35(36)34-18-17-31(46)23-37(34)47)52(32-19-21-44(6,7)22-20-32)41(55)45(8,9)29-48-42(56)57-28-30-15-13-12-14-16-30/h12-18,23,32-33,35-36,38H,10-11,19-22,24-29H2,1-9H3,(H,48,56)/t33-,35-,36+,38-/m0/s1. The highest BCUT2D eigenvalue weighted by Gasteiger charge is 2.52. The molecular weight excluding hydrogens is 729 g/mol. The molecule has 314 valence electrons. The molecule has 0 radical (unpaired) electrons. The molecule has 3 aliphatic rings. The van der Waals surface area contributed by atoms with Gasteiger partial charge in [0.25, 0.3) is 0 Å². The zero-order valence-electron chi connectivity index (χ0n) is 35.6. The van der Waals surface area contributed by atoms with Crippen LogP contribution in [0.25, 0.3) is 0 Å². The second-order valence-electron chi connectivity index (χ2n) is 18.8. The Kier molecular flexibility index (Phi) is 13.8.